The molecule has 2 rings (SSSR count). The average molecular weight is 291 g/mol. The number of rotatable bonds is 3. The monoisotopic (exact) mass is 290 g/mol. The molecule has 0 aliphatic carbocycles. The molecule has 1 aromatic carbocycles. The van der Waals surface area contributed by atoms with Gasteiger partial charge >= 0.3 is 0 Å². The second kappa shape index (κ2) is 5.88. The van der Waals surface area contributed by atoms with E-state index in [-0.39, 0.29) is 5.91 Å². The van der Waals surface area contributed by atoms with Crippen LogP contribution in [0.15, 0.2) is 29.4 Å². The van der Waals surface area contributed by atoms with Crippen LogP contribution >= 0.6 is 11.6 Å². The molecular weight excluding hydrogens is 276 g/mol. The van der Waals surface area contributed by atoms with Crippen molar-refractivity contribution < 1.29 is 4.79 Å². The highest BCUT2D eigenvalue weighted by Crippen LogP contribution is 2.15. The Morgan fingerprint density at radius 1 is 1.35 bits per heavy atom. The Hall–Kier alpha value is -2.14. The third kappa shape index (κ3) is 3.05. The van der Waals surface area contributed by atoms with Crippen LogP contribution < -0.4 is 5.43 Å². The molecule has 0 spiro atoms. The molecule has 6 heteroatoms. The molecule has 0 aliphatic heterocycles. The van der Waals surface area contributed by atoms with Crippen LogP contribution in [0.25, 0.3) is 0 Å². The van der Waals surface area contributed by atoms with Crippen LogP contribution in [-0.2, 0) is 7.05 Å². The highest BCUT2D eigenvalue weighted by Gasteiger charge is 2.09. The summed E-state index contributed by atoms with van der Waals surface area (Å²) < 4.78 is 1.56. The minimum Gasteiger partial charge on any atom is -0.267 e. The van der Waals surface area contributed by atoms with E-state index in [0.717, 1.165) is 11.3 Å². The molecule has 0 saturated carbocycles. The maximum absolute atomic E-state index is 11.8. The van der Waals surface area contributed by atoms with Gasteiger partial charge in [0.2, 0.25) is 0 Å². The second-order valence-electron chi connectivity index (χ2n) is 4.48. The summed E-state index contributed by atoms with van der Waals surface area (Å²) in [6.07, 6.45) is 1.50. The number of carbonyl (C=O) groups is 1. The van der Waals surface area contributed by atoms with Crippen molar-refractivity contribution in [3.8, 4) is 0 Å². The third-order valence-electron chi connectivity index (χ3n) is 2.87. The Bertz CT molecular complexity index is 659. The largest absolute Gasteiger partial charge is 0.271 e. The van der Waals surface area contributed by atoms with Crippen molar-refractivity contribution in [2.24, 2.45) is 12.1 Å². The van der Waals surface area contributed by atoms with E-state index in [1.807, 2.05) is 26.0 Å². The number of hydrazone groups is 1. The van der Waals surface area contributed by atoms with Gasteiger partial charge in [-0.15, -0.1) is 0 Å². The summed E-state index contributed by atoms with van der Waals surface area (Å²) in [5.74, 6) is -0.265. The molecule has 0 fully saturated rings. The highest BCUT2D eigenvalue weighted by atomic mass is 35.5. The van der Waals surface area contributed by atoms with Gasteiger partial charge in [-0.2, -0.15) is 10.2 Å². The number of carbonyl (C=O) groups excluding carboxylic acids is 1. The zero-order valence-electron chi connectivity index (χ0n) is 11.5. The first-order chi connectivity index (χ1) is 9.49. The van der Waals surface area contributed by atoms with Crippen molar-refractivity contribution in [3.63, 3.8) is 0 Å². The number of benzene rings is 1. The fourth-order valence-electron chi connectivity index (χ4n) is 1.72. The van der Waals surface area contributed by atoms with Gasteiger partial charge in [0, 0.05) is 12.6 Å². The molecular formula is C14H15ClN4O. The summed E-state index contributed by atoms with van der Waals surface area (Å²) in [7, 11) is 1.75. The second-order valence-corrected chi connectivity index (χ2v) is 4.84. The molecule has 1 heterocycles. The predicted molar refractivity (Wildman–Crippen MR) is 79.2 cm³/mol. The maximum atomic E-state index is 11.8. The lowest BCUT2D eigenvalue weighted by atomic mass is 10.1. The molecule has 0 saturated heterocycles. The number of nitrogens with one attached hydrogen (secondary N) is 1. The van der Waals surface area contributed by atoms with E-state index < -0.39 is 0 Å². The van der Waals surface area contributed by atoms with Crippen molar-refractivity contribution in [2.45, 2.75) is 13.8 Å². The van der Waals surface area contributed by atoms with E-state index in [1.54, 1.807) is 23.9 Å². The van der Waals surface area contributed by atoms with Crippen LogP contribution in [-0.4, -0.2) is 21.9 Å². The predicted octanol–water partition coefficient (Wildman–Crippen LogP) is 2.45. The van der Waals surface area contributed by atoms with E-state index in [2.05, 4.69) is 15.6 Å². The van der Waals surface area contributed by atoms with Crippen molar-refractivity contribution in [1.29, 1.82) is 0 Å². The van der Waals surface area contributed by atoms with E-state index in [0.29, 0.717) is 16.3 Å². The Kier molecular flexibility index (Phi) is 4.20. The summed E-state index contributed by atoms with van der Waals surface area (Å²) in [6, 6.07) is 7.26. The van der Waals surface area contributed by atoms with Gasteiger partial charge in [0.05, 0.1) is 17.5 Å². The minimum atomic E-state index is -0.265. The van der Waals surface area contributed by atoms with Gasteiger partial charge < -0.3 is 0 Å². The van der Waals surface area contributed by atoms with Gasteiger partial charge in [0.1, 0.15) is 5.15 Å². The fourth-order valence-corrected chi connectivity index (χ4v) is 1.94. The highest BCUT2D eigenvalue weighted by molar-refractivity contribution is 6.32. The summed E-state index contributed by atoms with van der Waals surface area (Å²) in [5, 5.41) is 8.55. The van der Waals surface area contributed by atoms with Crippen LogP contribution in [0.3, 0.4) is 0 Å². The van der Waals surface area contributed by atoms with Gasteiger partial charge in [-0.05, 0) is 26.0 Å². The summed E-state index contributed by atoms with van der Waals surface area (Å²) >= 11 is 6.06. The fraction of sp³-hybridized carbons (Fsp3) is 0.214. The Morgan fingerprint density at radius 3 is 2.55 bits per heavy atom. The van der Waals surface area contributed by atoms with Crippen molar-refractivity contribution in [2.75, 3.05) is 0 Å². The minimum absolute atomic E-state index is 0.265. The standard InChI is InChI=1S/C14H15ClN4O/c1-9-4-6-11(7-5-9)14(20)17-16-8-12-10(2)18-19(3)13(12)15/h4-8H,1-3H3,(H,17,20)/b16-8-. The number of halogens is 1. The first-order valence-corrected chi connectivity index (χ1v) is 6.46. The van der Waals surface area contributed by atoms with Crippen LogP contribution in [0.2, 0.25) is 5.15 Å². The lowest BCUT2D eigenvalue weighted by Crippen LogP contribution is -2.17. The van der Waals surface area contributed by atoms with Gasteiger partial charge in [-0.25, -0.2) is 5.43 Å². The van der Waals surface area contributed by atoms with Crippen molar-refractivity contribution in [1.82, 2.24) is 15.2 Å². The summed E-state index contributed by atoms with van der Waals surface area (Å²) in [4.78, 5) is 11.8. The lowest BCUT2D eigenvalue weighted by molar-refractivity contribution is 0.0955. The van der Waals surface area contributed by atoms with Crippen LogP contribution in [0, 0.1) is 13.8 Å². The molecule has 104 valence electrons. The summed E-state index contributed by atoms with van der Waals surface area (Å²) in [6.45, 7) is 3.79. The van der Waals surface area contributed by atoms with E-state index in [1.165, 1.54) is 6.21 Å². The number of hydrogen-bond acceptors (Lipinski definition) is 3. The molecule has 20 heavy (non-hydrogen) atoms. The lowest BCUT2D eigenvalue weighted by Gasteiger charge is -2.00. The van der Waals surface area contributed by atoms with Gasteiger partial charge in [0.25, 0.3) is 5.91 Å². The third-order valence-corrected chi connectivity index (χ3v) is 3.32. The number of aromatic nitrogens is 2. The molecule has 0 radical (unpaired) electrons. The number of aryl methyl sites for hydroxylation is 3. The zero-order chi connectivity index (χ0) is 14.7. The molecule has 5 nitrogen and oxygen atoms in total. The average Bonchev–Trinajstić information content (AvgIpc) is 2.65. The van der Waals surface area contributed by atoms with Crippen LogP contribution in [0.5, 0.6) is 0 Å². The number of nitrogens with zero attached hydrogens (tertiary/aromatic N) is 3. The summed E-state index contributed by atoms with van der Waals surface area (Å²) in [5.41, 5.74) is 5.57. The topological polar surface area (TPSA) is 59.3 Å². The molecule has 0 bridgehead atoms. The molecule has 1 N–H and O–H groups in total. The smallest absolute Gasteiger partial charge is 0.267 e. The first-order valence-electron chi connectivity index (χ1n) is 6.08. The van der Waals surface area contributed by atoms with E-state index in [9.17, 15) is 4.79 Å². The molecule has 1 amide bonds. The number of amides is 1. The van der Waals surface area contributed by atoms with E-state index in [4.69, 9.17) is 11.6 Å². The van der Waals surface area contributed by atoms with Gasteiger partial charge in [-0.3, -0.25) is 9.48 Å². The van der Waals surface area contributed by atoms with E-state index >= 15 is 0 Å². The molecule has 0 atom stereocenters. The molecule has 0 unspecified atom stereocenters. The maximum Gasteiger partial charge on any atom is 0.271 e. The Labute approximate surface area is 122 Å². The Morgan fingerprint density at radius 2 is 2.00 bits per heavy atom. The Balaban J connectivity index is 2.06. The van der Waals surface area contributed by atoms with Crippen molar-refractivity contribution >= 4 is 23.7 Å². The number of hydrogen-bond donors (Lipinski definition) is 1. The molecule has 2 aromatic rings. The van der Waals surface area contributed by atoms with Gasteiger partial charge in [0.15, 0.2) is 0 Å². The first kappa shape index (κ1) is 14.3. The quantitative estimate of drug-likeness (QED) is 0.697. The zero-order valence-corrected chi connectivity index (χ0v) is 12.3. The molecule has 0 aliphatic rings. The molecule has 1 aromatic heterocycles. The van der Waals surface area contributed by atoms with Gasteiger partial charge in [-0.1, -0.05) is 29.3 Å². The SMILES string of the molecule is Cc1ccc(C(=O)N/N=C\c2c(C)nn(C)c2Cl)cc1. The van der Waals surface area contributed by atoms with Crippen LogP contribution in [0.1, 0.15) is 27.2 Å². The van der Waals surface area contributed by atoms with Crippen molar-refractivity contribution in [3.05, 3.63) is 51.8 Å². The van der Waals surface area contributed by atoms with Crippen LogP contribution in [0.4, 0.5) is 0 Å². The normalized spacial score (nSPS) is 11.0.